The van der Waals surface area contributed by atoms with Gasteiger partial charge in [0.2, 0.25) is 5.91 Å². The van der Waals surface area contributed by atoms with E-state index in [2.05, 4.69) is 55.1 Å². The van der Waals surface area contributed by atoms with Gasteiger partial charge in [-0.05, 0) is 97.0 Å². The zero-order valence-electron chi connectivity index (χ0n) is 20.7. The van der Waals surface area contributed by atoms with Crippen LogP contribution in [0.25, 0.3) is 0 Å². The van der Waals surface area contributed by atoms with Crippen LogP contribution in [0, 0.1) is 37.0 Å². The Kier molecular flexibility index (Phi) is 5.35. The van der Waals surface area contributed by atoms with Gasteiger partial charge in [-0.2, -0.15) is 0 Å². The zero-order chi connectivity index (χ0) is 22.8. The second-order valence-electron chi connectivity index (χ2n) is 12.5. The molecule has 1 aliphatic heterocycles. The Labute approximate surface area is 193 Å². The number of nitrogens with zero attached hydrogens (tertiary/aromatic N) is 3. The van der Waals surface area contributed by atoms with Crippen molar-refractivity contribution in [1.82, 2.24) is 14.4 Å². The standard InChI is InChI=1S/C27H41N3O2/c1-18-10-23(19(2)30(18)26(3,4)5)24(31)17-28-6-8-29(9-7-28)25(32)27-14-20-11-21(15-27)13-22(12-20)16-27/h10,20-22H,6-9,11-17H2,1-5H3. The molecule has 2 heterocycles. The first kappa shape index (κ1) is 22.2. The maximum Gasteiger partial charge on any atom is 0.228 e. The minimum atomic E-state index is -0.0444. The van der Waals surface area contributed by atoms with E-state index in [0.717, 1.165) is 80.1 Å². The van der Waals surface area contributed by atoms with Crippen molar-refractivity contribution < 1.29 is 9.59 Å². The zero-order valence-corrected chi connectivity index (χ0v) is 20.7. The summed E-state index contributed by atoms with van der Waals surface area (Å²) in [6.45, 7) is 14.3. The van der Waals surface area contributed by atoms with E-state index in [1.165, 1.54) is 19.3 Å². The van der Waals surface area contributed by atoms with Gasteiger partial charge in [0, 0.05) is 48.7 Å². The van der Waals surface area contributed by atoms with Crippen LogP contribution in [0.2, 0.25) is 0 Å². The molecule has 1 aromatic heterocycles. The van der Waals surface area contributed by atoms with Gasteiger partial charge in [0.05, 0.1) is 12.0 Å². The molecule has 0 spiro atoms. The first-order valence-corrected chi connectivity index (χ1v) is 12.8. The van der Waals surface area contributed by atoms with E-state index in [-0.39, 0.29) is 16.7 Å². The van der Waals surface area contributed by atoms with Crippen molar-refractivity contribution in [3.8, 4) is 0 Å². The minimum absolute atomic E-state index is 0.0318. The number of ketones is 1. The molecule has 6 rings (SSSR count). The maximum atomic E-state index is 13.6. The summed E-state index contributed by atoms with van der Waals surface area (Å²) in [6.07, 6.45) is 7.54. The van der Waals surface area contributed by atoms with Crippen LogP contribution in [0.4, 0.5) is 0 Å². The number of hydrogen-bond donors (Lipinski definition) is 0. The average molecular weight is 440 g/mol. The van der Waals surface area contributed by atoms with Gasteiger partial charge in [-0.1, -0.05) is 0 Å². The Morgan fingerprint density at radius 2 is 1.47 bits per heavy atom. The van der Waals surface area contributed by atoms with Crippen molar-refractivity contribution in [2.75, 3.05) is 32.7 Å². The number of Topliss-reactive ketones (excluding diaryl/α,β-unsaturated/α-hetero) is 1. The van der Waals surface area contributed by atoms with Gasteiger partial charge >= 0.3 is 0 Å². The van der Waals surface area contributed by atoms with Gasteiger partial charge in [-0.15, -0.1) is 0 Å². The summed E-state index contributed by atoms with van der Waals surface area (Å²) in [4.78, 5) is 31.1. The second-order valence-corrected chi connectivity index (χ2v) is 12.5. The van der Waals surface area contributed by atoms with Gasteiger partial charge in [-0.25, -0.2) is 0 Å². The molecule has 0 N–H and O–H groups in total. The van der Waals surface area contributed by atoms with Crippen molar-refractivity contribution in [2.24, 2.45) is 23.2 Å². The third kappa shape index (κ3) is 3.74. The average Bonchev–Trinajstić information content (AvgIpc) is 3.01. The number of aromatic nitrogens is 1. The highest BCUT2D eigenvalue weighted by Gasteiger charge is 2.55. The number of carbonyl (C=O) groups is 2. The van der Waals surface area contributed by atoms with Gasteiger partial charge in [0.1, 0.15) is 0 Å². The van der Waals surface area contributed by atoms with Gasteiger partial charge in [0.25, 0.3) is 0 Å². The van der Waals surface area contributed by atoms with Gasteiger partial charge in [0.15, 0.2) is 5.78 Å². The first-order valence-electron chi connectivity index (χ1n) is 12.8. The molecule has 5 fully saturated rings. The van der Waals surface area contributed by atoms with Crippen LogP contribution in [-0.2, 0) is 10.3 Å². The fraction of sp³-hybridized carbons (Fsp3) is 0.778. The van der Waals surface area contributed by atoms with E-state index in [4.69, 9.17) is 0 Å². The summed E-state index contributed by atoms with van der Waals surface area (Å²) in [5.41, 5.74) is 2.98. The van der Waals surface area contributed by atoms with Crippen molar-refractivity contribution in [3.05, 3.63) is 23.0 Å². The molecular weight excluding hydrogens is 398 g/mol. The summed E-state index contributed by atoms with van der Waals surface area (Å²) in [5, 5.41) is 0. The van der Waals surface area contributed by atoms with Crippen LogP contribution in [0.1, 0.15) is 81.0 Å². The lowest BCUT2D eigenvalue weighted by molar-refractivity contribution is -0.159. The van der Waals surface area contributed by atoms with E-state index in [1.54, 1.807) is 0 Å². The number of aryl methyl sites for hydroxylation is 1. The van der Waals surface area contributed by atoms with Crippen LogP contribution in [0.3, 0.4) is 0 Å². The molecule has 0 aromatic carbocycles. The molecule has 1 saturated heterocycles. The normalized spacial score (nSPS) is 32.5. The largest absolute Gasteiger partial charge is 0.343 e. The SMILES string of the molecule is Cc1cc(C(=O)CN2CCN(C(=O)C34CC5CC(CC(C5)C3)C4)CC2)c(C)n1C(C)(C)C. The van der Waals surface area contributed by atoms with E-state index in [0.29, 0.717) is 12.5 Å². The fourth-order valence-corrected chi connectivity index (χ4v) is 8.18. The second kappa shape index (κ2) is 7.72. The quantitative estimate of drug-likeness (QED) is 0.653. The number of carbonyl (C=O) groups excluding carboxylic acids is 2. The topological polar surface area (TPSA) is 45.6 Å². The summed E-state index contributed by atoms with van der Waals surface area (Å²) < 4.78 is 2.27. The Bertz CT molecular complexity index is 879. The summed E-state index contributed by atoms with van der Waals surface area (Å²) in [6, 6.07) is 2.05. The summed E-state index contributed by atoms with van der Waals surface area (Å²) in [5.74, 6) is 3.05. The molecule has 0 unspecified atom stereocenters. The highest BCUT2D eigenvalue weighted by molar-refractivity contribution is 5.99. The number of rotatable bonds is 4. The van der Waals surface area contributed by atoms with Crippen LogP contribution in [-0.4, -0.2) is 58.8 Å². The smallest absolute Gasteiger partial charge is 0.228 e. The molecule has 5 nitrogen and oxygen atoms in total. The predicted octanol–water partition coefficient (Wildman–Crippen LogP) is 4.40. The highest BCUT2D eigenvalue weighted by atomic mass is 16.2. The van der Waals surface area contributed by atoms with E-state index in [9.17, 15) is 9.59 Å². The molecule has 4 bridgehead atoms. The molecule has 4 aliphatic carbocycles. The molecule has 1 amide bonds. The Hall–Kier alpha value is -1.62. The molecule has 1 aromatic rings. The van der Waals surface area contributed by atoms with Crippen molar-refractivity contribution in [3.63, 3.8) is 0 Å². The van der Waals surface area contributed by atoms with Crippen molar-refractivity contribution >= 4 is 11.7 Å². The predicted molar refractivity (Wildman–Crippen MR) is 127 cm³/mol. The van der Waals surface area contributed by atoms with Crippen LogP contribution >= 0.6 is 0 Å². The minimum Gasteiger partial charge on any atom is -0.343 e. The Morgan fingerprint density at radius 3 is 1.94 bits per heavy atom. The third-order valence-corrected chi connectivity index (χ3v) is 8.92. The monoisotopic (exact) mass is 439 g/mol. The molecule has 0 atom stereocenters. The maximum absolute atomic E-state index is 13.6. The molecule has 176 valence electrons. The lowest BCUT2D eigenvalue weighted by atomic mass is 9.49. The number of hydrogen-bond acceptors (Lipinski definition) is 3. The van der Waals surface area contributed by atoms with Gasteiger partial charge < -0.3 is 9.47 Å². The van der Waals surface area contributed by atoms with Crippen LogP contribution in [0.5, 0.6) is 0 Å². The third-order valence-electron chi connectivity index (χ3n) is 8.92. The molecule has 0 radical (unpaired) electrons. The number of piperazine rings is 1. The lowest BCUT2D eigenvalue weighted by Crippen LogP contribution is -2.58. The first-order chi connectivity index (χ1) is 15.1. The lowest BCUT2D eigenvalue weighted by Gasteiger charge is -2.57. The molecular formula is C27H41N3O2. The Balaban J connectivity index is 1.20. The molecule has 4 saturated carbocycles. The molecule has 5 heteroatoms. The van der Waals surface area contributed by atoms with Gasteiger partial charge in [-0.3, -0.25) is 14.5 Å². The van der Waals surface area contributed by atoms with E-state index >= 15 is 0 Å². The van der Waals surface area contributed by atoms with E-state index in [1.807, 2.05) is 0 Å². The fourth-order valence-electron chi connectivity index (χ4n) is 8.18. The van der Waals surface area contributed by atoms with Crippen molar-refractivity contribution in [2.45, 2.75) is 78.7 Å². The van der Waals surface area contributed by atoms with Crippen molar-refractivity contribution in [1.29, 1.82) is 0 Å². The number of amides is 1. The van der Waals surface area contributed by atoms with Crippen LogP contribution < -0.4 is 0 Å². The molecule has 32 heavy (non-hydrogen) atoms. The summed E-state index contributed by atoms with van der Waals surface area (Å²) in [7, 11) is 0. The van der Waals surface area contributed by atoms with E-state index < -0.39 is 0 Å². The van der Waals surface area contributed by atoms with Crippen LogP contribution in [0.15, 0.2) is 6.07 Å². The Morgan fingerprint density at radius 1 is 0.938 bits per heavy atom. The molecule has 5 aliphatic rings. The highest BCUT2D eigenvalue weighted by Crippen LogP contribution is 2.60. The summed E-state index contributed by atoms with van der Waals surface area (Å²) >= 11 is 0.